The molecule has 1 aliphatic heterocycles. The van der Waals surface area contributed by atoms with Crippen LogP contribution >= 0.6 is 11.3 Å². The van der Waals surface area contributed by atoms with Gasteiger partial charge in [-0.25, -0.2) is 14.6 Å². The molecule has 1 amide bonds. The highest BCUT2D eigenvalue weighted by atomic mass is 32.1. The van der Waals surface area contributed by atoms with Crippen LogP contribution in [-0.2, 0) is 9.47 Å². The fraction of sp³-hybridized carbons (Fsp3) is 0.529. The Morgan fingerprint density at radius 3 is 2.85 bits per heavy atom. The molecule has 1 aliphatic rings. The number of thiazole rings is 1. The molecule has 0 aromatic carbocycles. The van der Waals surface area contributed by atoms with E-state index in [0.717, 1.165) is 6.42 Å². The molecule has 0 unspecified atom stereocenters. The molecule has 0 bridgehead atoms. The van der Waals surface area contributed by atoms with E-state index in [1.807, 2.05) is 37.7 Å². The van der Waals surface area contributed by atoms with Crippen molar-refractivity contribution < 1.29 is 19.1 Å². The Labute approximate surface area is 161 Å². The average molecular weight is 393 g/mol. The fourth-order valence-corrected chi connectivity index (χ4v) is 3.44. The molecular weight excluding hydrogens is 370 g/mol. The second-order valence-electron chi connectivity index (χ2n) is 7.20. The molecule has 0 aliphatic carbocycles. The van der Waals surface area contributed by atoms with E-state index in [1.54, 1.807) is 4.90 Å². The number of esters is 1. The molecule has 1 N–H and O–H groups in total. The number of nitrogens with zero attached hydrogens (tertiary/aromatic N) is 4. The Morgan fingerprint density at radius 2 is 2.15 bits per heavy atom. The minimum absolute atomic E-state index is 0.0926. The van der Waals surface area contributed by atoms with Gasteiger partial charge in [-0.15, -0.1) is 0 Å². The highest BCUT2D eigenvalue weighted by molar-refractivity contribution is 7.17. The number of rotatable bonds is 4. The van der Waals surface area contributed by atoms with Gasteiger partial charge in [-0.2, -0.15) is 5.10 Å². The van der Waals surface area contributed by atoms with Crippen molar-refractivity contribution in [2.45, 2.75) is 38.8 Å². The summed E-state index contributed by atoms with van der Waals surface area (Å²) < 4.78 is 11.9. The molecule has 3 rings (SSSR count). The molecule has 0 saturated carbocycles. The van der Waals surface area contributed by atoms with Crippen molar-refractivity contribution in [2.24, 2.45) is 0 Å². The Hall–Kier alpha value is -2.62. The Morgan fingerprint density at radius 1 is 1.37 bits per heavy atom. The number of hydrogen-bond acceptors (Lipinski definition) is 8. The van der Waals surface area contributed by atoms with E-state index in [-0.39, 0.29) is 12.1 Å². The first-order chi connectivity index (χ1) is 12.7. The number of amides is 1. The van der Waals surface area contributed by atoms with Gasteiger partial charge < -0.3 is 19.7 Å². The van der Waals surface area contributed by atoms with Crippen LogP contribution in [0.2, 0.25) is 0 Å². The maximum Gasteiger partial charge on any atom is 0.410 e. The summed E-state index contributed by atoms with van der Waals surface area (Å²) >= 11 is 1.20. The molecule has 10 heteroatoms. The summed E-state index contributed by atoms with van der Waals surface area (Å²) in [6.07, 6.45) is 3.84. The predicted molar refractivity (Wildman–Crippen MR) is 100 cm³/mol. The lowest BCUT2D eigenvalue weighted by molar-refractivity contribution is 0.0288. The molecule has 27 heavy (non-hydrogen) atoms. The third kappa shape index (κ3) is 4.76. The largest absolute Gasteiger partial charge is 0.465 e. The number of methoxy groups -OCH3 is 1. The third-order valence-electron chi connectivity index (χ3n) is 3.92. The van der Waals surface area contributed by atoms with E-state index < -0.39 is 11.6 Å². The number of carbonyl (C=O) groups excluding carboxylic acids is 2. The normalized spacial score (nSPS) is 17.0. The van der Waals surface area contributed by atoms with Crippen molar-refractivity contribution in [1.82, 2.24) is 19.7 Å². The molecule has 0 radical (unpaired) electrons. The number of hydrogen-bond donors (Lipinski definition) is 1. The summed E-state index contributed by atoms with van der Waals surface area (Å²) in [4.78, 5) is 29.9. The SMILES string of the molecule is COC(=O)c1cnc(Nc2ccn([C@@H]3CCN(C(=O)OC(C)(C)C)C3)n2)s1. The zero-order chi connectivity index (χ0) is 19.6. The van der Waals surface area contributed by atoms with Gasteiger partial charge in [0.05, 0.1) is 19.3 Å². The number of ether oxygens (including phenoxy) is 2. The molecule has 0 spiro atoms. The van der Waals surface area contributed by atoms with Gasteiger partial charge in [-0.05, 0) is 27.2 Å². The first-order valence-electron chi connectivity index (χ1n) is 8.59. The van der Waals surface area contributed by atoms with Gasteiger partial charge in [0.2, 0.25) is 0 Å². The summed E-state index contributed by atoms with van der Waals surface area (Å²) in [6, 6.07) is 1.92. The summed E-state index contributed by atoms with van der Waals surface area (Å²) in [5.41, 5.74) is -0.505. The number of carbonyl (C=O) groups is 2. The fourth-order valence-electron chi connectivity index (χ4n) is 2.69. The first-order valence-corrected chi connectivity index (χ1v) is 9.41. The third-order valence-corrected chi connectivity index (χ3v) is 4.82. The van der Waals surface area contributed by atoms with Gasteiger partial charge in [0.1, 0.15) is 10.5 Å². The van der Waals surface area contributed by atoms with Crippen LogP contribution in [-0.4, -0.2) is 57.5 Å². The minimum Gasteiger partial charge on any atom is -0.465 e. The van der Waals surface area contributed by atoms with E-state index >= 15 is 0 Å². The summed E-state index contributed by atoms with van der Waals surface area (Å²) in [7, 11) is 1.33. The van der Waals surface area contributed by atoms with E-state index in [4.69, 9.17) is 4.74 Å². The van der Waals surface area contributed by atoms with Crippen LogP contribution in [0.5, 0.6) is 0 Å². The molecular formula is C17H23N5O4S. The van der Waals surface area contributed by atoms with Crippen LogP contribution in [0.4, 0.5) is 15.7 Å². The van der Waals surface area contributed by atoms with Crippen LogP contribution in [0.25, 0.3) is 0 Å². The van der Waals surface area contributed by atoms with Gasteiger partial charge in [-0.1, -0.05) is 11.3 Å². The smallest absolute Gasteiger partial charge is 0.410 e. The van der Waals surface area contributed by atoms with E-state index in [2.05, 4.69) is 20.1 Å². The Bertz CT molecular complexity index is 825. The number of nitrogens with one attached hydrogen (secondary N) is 1. The maximum atomic E-state index is 12.2. The topological polar surface area (TPSA) is 98.6 Å². The maximum absolute atomic E-state index is 12.2. The van der Waals surface area contributed by atoms with Crippen LogP contribution in [0, 0.1) is 0 Å². The van der Waals surface area contributed by atoms with Crippen LogP contribution in [0.1, 0.15) is 42.9 Å². The summed E-state index contributed by atoms with van der Waals surface area (Å²) in [6.45, 7) is 6.76. The predicted octanol–water partition coefficient (Wildman–Crippen LogP) is 3.05. The monoisotopic (exact) mass is 393 g/mol. The van der Waals surface area contributed by atoms with E-state index in [0.29, 0.717) is 28.9 Å². The van der Waals surface area contributed by atoms with Crippen molar-refractivity contribution in [3.05, 3.63) is 23.3 Å². The van der Waals surface area contributed by atoms with E-state index in [1.165, 1.54) is 24.6 Å². The van der Waals surface area contributed by atoms with Gasteiger partial charge in [0, 0.05) is 25.4 Å². The standard InChI is InChI=1S/C17H23N5O4S/c1-17(2,3)26-16(24)21-7-5-11(10-21)22-8-6-13(20-22)19-15-18-9-12(27-15)14(23)25-4/h6,8-9,11H,5,7,10H2,1-4H3,(H,18,19,20)/t11-/m1/s1. The molecule has 3 heterocycles. The molecule has 9 nitrogen and oxygen atoms in total. The highest BCUT2D eigenvalue weighted by Gasteiger charge is 2.31. The van der Waals surface area contributed by atoms with Crippen molar-refractivity contribution in [3.63, 3.8) is 0 Å². The molecule has 1 saturated heterocycles. The highest BCUT2D eigenvalue weighted by Crippen LogP contribution is 2.26. The number of likely N-dealkylation sites (tertiary alicyclic amines) is 1. The Balaban J connectivity index is 1.59. The van der Waals surface area contributed by atoms with Gasteiger partial charge in [0.15, 0.2) is 10.9 Å². The lowest BCUT2D eigenvalue weighted by Gasteiger charge is -2.24. The lowest BCUT2D eigenvalue weighted by atomic mass is 10.2. The number of aromatic nitrogens is 3. The van der Waals surface area contributed by atoms with Gasteiger partial charge in [0.25, 0.3) is 0 Å². The quantitative estimate of drug-likeness (QED) is 0.797. The van der Waals surface area contributed by atoms with Crippen LogP contribution < -0.4 is 5.32 Å². The summed E-state index contributed by atoms with van der Waals surface area (Å²) in [5, 5.41) is 8.14. The number of anilines is 2. The second kappa shape index (κ2) is 7.55. The Kier molecular flexibility index (Phi) is 5.36. The zero-order valence-corrected chi connectivity index (χ0v) is 16.6. The van der Waals surface area contributed by atoms with Crippen molar-refractivity contribution in [1.29, 1.82) is 0 Å². The first kappa shape index (κ1) is 19.2. The summed E-state index contributed by atoms with van der Waals surface area (Å²) in [5.74, 6) is 0.204. The van der Waals surface area contributed by atoms with Crippen LogP contribution in [0.15, 0.2) is 18.5 Å². The lowest BCUT2D eigenvalue weighted by Crippen LogP contribution is -2.35. The zero-order valence-electron chi connectivity index (χ0n) is 15.8. The van der Waals surface area contributed by atoms with Gasteiger partial charge >= 0.3 is 12.1 Å². The molecule has 2 aromatic heterocycles. The van der Waals surface area contributed by atoms with Crippen LogP contribution in [0.3, 0.4) is 0 Å². The average Bonchev–Trinajstić information content (AvgIpc) is 3.33. The van der Waals surface area contributed by atoms with Gasteiger partial charge in [-0.3, -0.25) is 4.68 Å². The second-order valence-corrected chi connectivity index (χ2v) is 8.23. The minimum atomic E-state index is -0.505. The molecule has 1 fully saturated rings. The molecule has 2 aromatic rings. The van der Waals surface area contributed by atoms with Crippen molar-refractivity contribution >= 4 is 34.3 Å². The van der Waals surface area contributed by atoms with Crippen molar-refractivity contribution in [3.8, 4) is 0 Å². The molecule has 1 atom stereocenters. The van der Waals surface area contributed by atoms with Crippen molar-refractivity contribution in [2.75, 3.05) is 25.5 Å². The molecule has 146 valence electrons. The van der Waals surface area contributed by atoms with E-state index in [9.17, 15) is 9.59 Å².